The fraction of sp³-hybridized carbons (Fsp3) is 0.379. The first-order chi connectivity index (χ1) is 16.5. The molecule has 0 atom stereocenters. The molecule has 0 fully saturated rings. The smallest absolute Gasteiger partial charge is 0.333 e. The molecule has 6 heteroatoms. The average Bonchev–Trinajstić information content (AvgIpc) is 2.76. The van der Waals surface area contributed by atoms with Crippen molar-refractivity contribution in [2.24, 2.45) is 0 Å². The van der Waals surface area contributed by atoms with Crippen LogP contribution in [-0.2, 0) is 25.5 Å². The average molecular weight is 481 g/mol. The number of benzene rings is 2. The normalized spacial score (nSPS) is 10.5. The van der Waals surface area contributed by atoms with E-state index in [-0.39, 0.29) is 26.4 Å². The number of carbonyl (C=O) groups is 2. The lowest BCUT2D eigenvalue weighted by atomic mass is 9.97. The molecular formula is C29H36O6. The molecule has 0 saturated carbocycles. The van der Waals surface area contributed by atoms with Crippen molar-refractivity contribution in [2.45, 2.75) is 48.0 Å². The highest BCUT2D eigenvalue weighted by atomic mass is 16.6. The van der Waals surface area contributed by atoms with E-state index in [1.807, 2.05) is 27.7 Å². The Balaban J connectivity index is 1.99. The Hall–Kier alpha value is -3.54. The second kappa shape index (κ2) is 12.8. The Bertz CT molecular complexity index is 979. The first kappa shape index (κ1) is 27.7. The van der Waals surface area contributed by atoms with E-state index in [4.69, 9.17) is 18.9 Å². The molecule has 0 saturated heterocycles. The zero-order chi connectivity index (χ0) is 26.1. The molecule has 0 amide bonds. The lowest BCUT2D eigenvalue weighted by molar-refractivity contribution is -0.140. The van der Waals surface area contributed by atoms with Gasteiger partial charge in [0.2, 0.25) is 0 Å². The highest BCUT2D eigenvalue weighted by molar-refractivity contribution is 5.87. The van der Waals surface area contributed by atoms with Crippen molar-refractivity contribution in [2.75, 3.05) is 26.4 Å². The van der Waals surface area contributed by atoms with Crippen LogP contribution in [0, 0.1) is 27.7 Å². The Morgan fingerprint density at radius 2 is 0.943 bits per heavy atom. The quantitative estimate of drug-likeness (QED) is 0.227. The van der Waals surface area contributed by atoms with Gasteiger partial charge in [-0.05, 0) is 81.3 Å². The summed E-state index contributed by atoms with van der Waals surface area (Å²) in [5.74, 6) is 0.795. The summed E-state index contributed by atoms with van der Waals surface area (Å²) >= 11 is 0. The van der Waals surface area contributed by atoms with E-state index in [9.17, 15) is 9.59 Å². The zero-order valence-electron chi connectivity index (χ0n) is 21.7. The van der Waals surface area contributed by atoms with Crippen LogP contribution in [0.5, 0.6) is 11.5 Å². The van der Waals surface area contributed by atoms with Crippen LogP contribution in [0.15, 0.2) is 48.6 Å². The molecule has 0 aliphatic rings. The molecule has 0 bridgehead atoms. The molecule has 0 heterocycles. The lowest BCUT2D eigenvalue weighted by Gasteiger charge is -2.16. The molecule has 0 aliphatic carbocycles. The number of hydrogen-bond acceptors (Lipinski definition) is 6. The third-order valence-corrected chi connectivity index (χ3v) is 5.27. The molecule has 0 radical (unpaired) electrons. The molecule has 35 heavy (non-hydrogen) atoms. The van der Waals surface area contributed by atoms with Gasteiger partial charge in [0.05, 0.1) is 0 Å². The number of aryl methyl sites for hydroxylation is 4. The van der Waals surface area contributed by atoms with Gasteiger partial charge in [-0.1, -0.05) is 37.4 Å². The summed E-state index contributed by atoms with van der Waals surface area (Å²) in [4.78, 5) is 23.0. The summed E-state index contributed by atoms with van der Waals surface area (Å²) in [7, 11) is 0. The summed E-state index contributed by atoms with van der Waals surface area (Å²) in [5.41, 5.74) is 7.23. The van der Waals surface area contributed by atoms with Crippen LogP contribution in [-0.4, -0.2) is 38.4 Å². The van der Waals surface area contributed by atoms with Gasteiger partial charge in [-0.3, -0.25) is 0 Å². The van der Waals surface area contributed by atoms with E-state index in [0.29, 0.717) is 11.1 Å². The van der Waals surface area contributed by atoms with E-state index in [0.717, 1.165) is 40.2 Å². The van der Waals surface area contributed by atoms with Crippen molar-refractivity contribution in [3.8, 4) is 11.5 Å². The third kappa shape index (κ3) is 8.32. The predicted molar refractivity (Wildman–Crippen MR) is 137 cm³/mol. The highest BCUT2D eigenvalue weighted by Gasteiger charge is 2.11. The van der Waals surface area contributed by atoms with Crippen LogP contribution in [0.3, 0.4) is 0 Å². The molecule has 0 N–H and O–H groups in total. The van der Waals surface area contributed by atoms with Gasteiger partial charge in [0, 0.05) is 11.1 Å². The fourth-order valence-corrected chi connectivity index (χ4v) is 3.78. The molecule has 2 rings (SSSR count). The Labute approximate surface area is 208 Å². The van der Waals surface area contributed by atoms with Gasteiger partial charge in [0.1, 0.15) is 37.9 Å². The maximum Gasteiger partial charge on any atom is 0.333 e. The first-order valence-electron chi connectivity index (χ1n) is 11.6. The first-order valence-corrected chi connectivity index (χ1v) is 11.6. The SMILES string of the molecule is C=C(C)C(=O)OCCOc1c(C)cc(Cc2cc(C)c(OCCOC(=O)C(=C)C)c(C)c2)cc1C. The number of esters is 2. The summed E-state index contributed by atoms with van der Waals surface area (Å²) in [6.45, 7) is 19.3. The van der Waals surface area contributed by atoms with Crippen LogP contribution in [0.1, 0.15) is 47.2 Å². The molecule has 2 aromatic carbocycles. The molecule has 0 aromatic heterocycles. The largest absolute Gasteiger partial charge is 0.489 e. The number of hydrogen-bond donors (Lipinski definition) is 0. The van der Waals surface area contributed by atoms with Gasteiger partial charge in [-0.25, -0.2) is 9.59 Å². The van der Waals surface area contributed by atoms with Gasteiger partial charge in [-0.15, -0.1) is 0 Å². The Morgan fingerprint density at radius 3 is 1.23 bits per heavy atom. The zero-order valence-corrected chi connectivity index (χ0v) is 21.7. The fourth-order valence-electron chi connectivity index (χ4n) is 3.78. The minimum atomic E-state index is -0.411. The van der Waals surface area contributed by atoms with Crippen LogP contribution in [0.4, 0.5) is 0 Å². The van der Waals surface area contributed by atoms with Crippen LogP contribution in [0.2, 0.25) is 0 Å². The molecular weight excluding hydrogens is 444 g/mol. The minimum Gasteiger partial charge on any atom is -0.489 e. The second-order valence-corrected chi connectivity index (χ2v) is 8.82. The number of ether oxygens (including phenoxy) is 4. The topological polar surface area (TPSA) is 71.1 Å². The van der Waals surface area contributed by atoms with Crippen molar-refractivity contribution in [1.29, 1.82) is 0 Å². The van der Waals surface area contributed by atoms with E-state index >= 15 is 0 Å². The third-order valence-electron chi connectivity index (χ3n) is 5.27. The van der Waals surface area contributed by atoms with Crippen molar-refractivity contribution in [1.82, 2.24) is 0 Å². The summed E-state index contributed by atoms with van der Waals surface area (Å²) in [5, 5.41) is 0. The molecule has 2 aromatic rings. The Morgan fingerprint density at radius 1 is 0.629 bits per heavy atom. The monoisotopic (exact) mass is 480 g/mol. The lowest BCUT2D eigenvalue weighted by Crippen LogP contribution is -2.13. The molecule has 6 nitrogen and oxygen atoms in total. The van der Waals surface area contributed by atoms with Gasteiger partial charge >= 0.3 is 11.9 Å². The van der Waals surface area contributed by atoms with Gasteiger partial charge in [0.15, 0.2) is 0 Å². The molecule has 0 aliphatic heterocycles. The summed E-state index contributed by atoms with van der Waals surface area (Å²) in [6.07, 6.45) is 0.774. The van der Waals surface area contributed by atoms with Crippen LogP contribution >= 0.6 is 0 Å². The molecule has 188 valence electrons. The van der Waals surface area contributed by atoms with E-state index < -0.39 is 11.9 Å². The van der Waals surface area contributed by atoms with Gasteiger partial charge in [-0.2, -0.15) is 0 Å². The van der Waals surface area contributed by atoms with Crippen LogP contribution < -0.4 is 9.47 Å². The predicted octanol–water partition coefficient (Wildman–Crippen LogP) is 5.51. The van der Waals surface area contributed by atoms with E-state index in [1.165, 1.54) is 11.1 Å². The number of carbonyl (C=O) groups excluding carboxylic acids is 2. The number of rotatable bonds is 12. The van der Waals surface area contributed by atoms with E-state index in [1.54, 1.807) is 13.8 Å². The summed E-state index contributed by atoms with van der Waals surface area (Å²) < 4.78 is 21.9. The van der Waals surface area contributed by atoms with Crippen molar-refractivity contribution < 1.29 is 28.5 Å². The molecule has 0 spiro atoms. The standard InChI is InChI=1S/C29H36O6/c1-18(2)28(30)34-11-9-32-26-20(5)13-24(14-21(26)6)17-25-15-22(7)27(23(8)16-25)33-10-12-35-29(31)19(3)4/h13-16H,1,3,9-12,17H2,2,4-8H3. The van der Waals surface area contributed by atoms with Gasteiger partial charge in [0.25, 0.3) is 0 Å². The highest BCUT2D eigenvalue weighted by Crippen LogP contribution is 2.29. The van der Waals surface area contributed by atoms with Crippen molar-refractivity contribution in [3.05, 3.63) is 82.0 Å². The van der Waals surface area contributed by atoms with Crippen LogP contribution in [0.25, 0.3) is 0 Å². The second-order valence-electron chi connectivity index (χ2n) is 8.82. The van der Waals surface area contributed by atoms with E-state index in [2.05, 4.69) is 37.4 Å². The Kier molecular flexibility index (Phi) is 10.1. The van der Waals surface area contributed by atoms with Crippen molar-refractivity contribution in [3.63, 3.8) is 0 Å². The maximum atomic E-state index is 11.5. The summed E-state index contributed by atoms with van der Waals surface area (Å²) in [6, 6.07) is 8.47. The van der Waals surface area contributed by atoms with Gasteiger partial charge < -0.3 is 18.9 Å². The maximum absolute atomic E-state index is 11.5. The minimum absolute atomic E-state index is 0.176. The molecule has 0 unspecified atom stereocenters. The van der Waals surface area contributed by atoms with Crippen molar-refractivity contribution >= 4 is 11.9 Å².